The van der Waals surface area contributed by atoms with Crippen LogP contribution in [0.25, 0.3) is 10.9 Å². The molecule has 1 unspecified atom stereocenters. The third-order valence-electron chi connectivity index (χ3n) is 4.79. The van der Waals surface area contributed by atoms with E-state index in [4.69, 9.17) is 4.74 Å². The first kappa shape index (κ1) is 17.5. The van der Waals surface area contributed by atoms with Gasteiger partial charge in [0, 0.05) is 42.9 Å². The van der Waals surface area contributed by atoms with E-state index in [1.54, 1.807) is 6.07 Å². The number of anilines is 1. The number of hydrogen-bond acceptors (Lipinski definition) is 5. The molecule has 4 rings (SSSR count). The molecule has 27 heavy (non-hydrogen) atoms. The summed E-state index contributed by atoms with van der Waals surface area (Å²) in [6.07, 6.45) is 6.47. The molecule has 0 spiro atoms. The maximum atomic E-state index is 12.3. The van der Waals surface area contributed by atoms with Gasteiger partial charge in [0.05, 0.1) is 6.10 Å². The van der Waals surface area contributed by atoms with Gasteiger partial charge in [-0.2, -0.15) is 0 Å². The molecule has 1 aromatic carbocycles. The maximum absolute atomic E-state index is 12.3. The molecule has 1 fully saturated rings. The fraction of sp³-hybridized carbons (Fsp3) is 0.350. The molecule has 7 heteroatoms. The van der Waals surface area contributed by atoms with E-state index in [1.807, 2.05) is 18.3 Å². The third kappa shape index (κ3) is 4.25. The van der Waals surface area contributed by atoms with Gasteiger partial charge in [0.25, 0.3) is 5.91 Å². The summed E-state index contributed by atoms with van der Waals surface area (Å²) >= 11 is 0. The summed E-state index contributed by atoms with van der Waals surface area (Å²) in [5.41, 5.74) is 2.75. The number of fused-ring (bicyclic) bond motifs is 1. The summed E-state index contributed by atoms with van der Waals surface area (Å²) in [6, 6.07) is 9.92. The van der Waals surface area contributed by atoms with Crippen LogP contribution in [0.2, 0.25) is 0 Å². The third-order valence-corrected chi connectivity index (χ3v) is 4.79. The number of ether oxygens (including phenoxy) is 1. The minimum Gasteiger partial charge on any atom is -0.376 e. The van der Waals surface area contributed by atoms with Gasteiger partial charge in [-0.1, -0.05) is 18.2 Å². The quantitative estimate of drug-likeness (QED) is 0.598. The summed E-state index contributed by atoms with van der Waals surface area (Å²) in [5.74, 6) is 0.444. The topological polar surface area (TPSA) is 91.9 Å². The van der Waals surface area contributed by atoms with Gasteiger partial charge < -0.3 is 20.4 Å². The van der Waals surface area contributed by atoms with Crippen molar-refractivity contribution in [3.05, 3.63) is 54.1 Å². The number of aromatic amines is 1. The van der Waals surface area contributed by atoms with Gasteiger partial charge in [-0.05, 0) is 30.9 Å². The Morgan fingerprint density at radius 1 is 1.30 bits per heavy atom. The molecule has 1 aliphatic rings. The molecular weight excluding hydrogens is 342 g/mol. The zero-order valence-corrected chi connectivity index (χ0v) is 15.1. The summed E-state index contributed by atoms with van der Waals surface area (Å²) < 4.78 is 5.52. The summed E-state index contributed by atoms with van der Waals surface area (Å²) in [4.78, 5) is 23.8. The Morgan fingerprint density at radius 2 is 2.22 bits per heavy atom. The smallest absolute Gasteiger partial charge is 0.270 e. The SMILES string of the molecule is O=C(NCC1CCCO1)c1cc(NCCc2c[nH]c3ccccc23)ncn1. The number of amides is 1. The van der Waals surface area contributed by atoms with E-state index in [-0.39, 0.29) is 12.0 Å². The number of aromatic nitrogens is 3. The highest BCUT2D eigenvalue weighted by Gasteiger charge is 2.17. The molecule has 0 bridgehead atoms. The van der Waals surface area contributed by atoms with Gasteiger partial charge in [-0.3, -0.25) is 4.79 Å². The Balaban J connectivity index is 1.31. The second kappa shape index (κ2) is 8.18. The lowest BCUT2D eigenvalue weighted by Gasteiger charge is -2.11. The minimum absolute atomic E-state index is 0.115. The number of carbonyl (C=O) groups excluding carboxylic acids is 1. The van der Waals surface area contributed by atoms with E-state index in [1.165, 1.54) is 17.3 Å². The fourth-order valence-electron chi connectivity index (χ4n) is 3.34. The van der Waals surface area contributed by atoms with Crippen molar-refractivity contribution in [2.24, 2.45) is 0 Å². The number of para-hydroxylation sites is 1. The molecule has 3 N–H and O–H groups in total. The summed E-state index contributed by atoms with van der Waals surface area (Å²) in [7, 11) is 0. The molecular formula is C20H23N5O2. The highest BCUT2D eigenvalue weighted by Crippen LogP contribution is 2.18. The van der Waals surface area contributed by atoms with Crippen LogP contribution in [0.4, 0.5) is 5.82 Å². The highest BCUT2D eigenvalue weighted by atomic mass is 16.5. The molecule has 0 radical (unpaired) electrons. The molecule has 1 saturated heterocycles. The van der Waals surface area contributed by atoms with Crippen LogP contribution in [-0.2, 0) is 11.2 Å². The van der Waals surface area contributed by atoms with Crippen LogP contribution in [0.1, 0.15) is 28.9 Å². The molecule has 140 valence electrons. The van der Waals surface area contributed by atoms with Gasteiger partial charge in [0.1, 0.15) is 17.8 Å². The first-order chi connectivity index (χ1) is 13.3. The molecule has 0 saturated carbocycles. The van der Waals surface area contributed by atoms with Gasteiger partial charge in [-0.15, -0.1) is 0 Å². The molecule has 1 atom stereocenters. The molecule has 3 heterocycles. The van der Waals surface area contributed by atoms with Gasteiger partial charge in [-0.25, -0.2) is 9.97 Å². The first-order valence-electron chi connectivity index (χ1n) is 9.30. The standard InChI is InChI=1S/C20H23N5O2/c26-20(23-12-15-4-3-9-27-15)18-10-19(25-13-24-18)21-8-7-14-11-22-17-6-2-1-5-16(14)17/h1-2,5-6,10-11,13,15,22H,3-4,7-9,12H2,(H,23,26)(H,21,24,25). The number of hydrogen-bond donors (Lipinski definition) is 3. The van der Waals surface area contributed by atoms with E-state index in [2.05, 4.69) is 37.7 Å². The lowest BCUT2D eigenvalue weighted by molar-refractivity contribution is 0.0853. The number of benzene rings is 1. The monoisotopic (exact) mass is 365 g/mol. The van der Waals surface area contributed by atoms with E-state index in [0.29, 0.717) is 18.1 Å². The van der Waals surface area contributed by atoms with Crippen molar-refractivity contribution >= 4 is 22.6 Å². The Kier molecular flexibility index (Phi) is 5.29. The van der Waals surface area contributed by atoms with Crippen molar-refractivity contribution in [3.63, 3.8) is 0 Å². The molecule has 1 aliphatic heterocycles. The number of H-pyrrole nitrogens is 1. The van der Waals surface area contributed by atoms with Crippen LogP contribution in [0.15, 0.2) is 42.9 Å². The lowest BCUT2D eigenvalue weighted by atomic mass is 10.1. The number of nitrogens with one attached hydrogen (secondary N) is 3. The molecule has 0 aliphatic carbocycles. The van der Waals surface area contributed by atoms with Crippen LogP contribution in [-0.4, -0.2) is 46.7 Å². The largest absolute Gasteiger partial charge is 0.376 e. The van der Waals surface area contributed by atoms with Gasteiger partial charge in [0.2, 0.25) is 0 Å². The molecule has 1 amide bonds. The van der Waals surface area contributed by atoms with E-state index in [9.17, 15) is 4.79 Å². The van der Waals surface area contributed by atoms with Gasteiger partial charge >= 0.3 is 0 Å². The number of nitrogens with zero attached hydrogens (tertiary/aromatic N) is 2. The highest BCUT2D eigenvalue weighted by molar-refractivity contribution is 5.92. The van der Waals surface area contributed by atoms with Crippen LogP contribution in [0.5, 0.6) is 0 Å². The molecule has 7 nitrogen and oxygen atoms in total. The van der Waals surface area contributed by atoms with Crippen molar-refractivity contribution in [3.8, 4) is 0 Å². The van der Waals surface area contributed by atoms with Crippen LogP contribution in [0.3, 0.4) is 0 Å². The lowest BCUT2D eigenvalue weighted by Crippen LogP contribution is -2.32. The number of rotatable bonds is 7. The van der Waals surface area contributed by atoms with E-state index < -0.39 is 0 Å². The predicted molar refractivity (Wildman–Crippen MR) is 104 cm³/mol. The van der Waals surface area contributed by atoms with Crippen LogP contribution in [0, 0.1) is 0 Å². The van der Waals surface area contributed by atoms with Crippen molar-refractivity contribution in [1.29, 1.82) is 0 Å². The van der Waals surface area contributed by atoms with Gasteiger partial charge in [0.15, 0.2) is 0 Å². The Hall–Kier alpha value is -2.93. The zero-order valence-electron chi connectivity index (χ0n) is 15.1. The second-order valence-corrected chi connectivity index (χ2v) is 6.67. The van der Waals surface area contributed by atoms with Crippen molar-refractivity contribution in [2.75, 3.05) is 25.0 Å². The maximum Gasteiger partial charge on any atom is 0.270 e. The average molecular weight is 365 g/mol. The second-order valence-electron chi connectivity index (χ2n) is 6.67. The van der Waals surface area contributed by atoms with E-state index >= 15 is 0 Å². The number of carbonyl (C=O) groups is 1. The fourth-order valence-corrected chi connectivity index (χ4v) is 3.34. The summed E-state index contributed by atoms with van der Waals surface area (Å²) in [6.45, 7) is 2.01. The van der Waals surface area contributed by atoms with Crippen LogP contribution >= 0.6 is 0 Å². The van der Waals surface area contributed by atoms with Crippen LogP contribution < -0.4 is 10.6 Å². The molecule has 2 aromatic heterocycles. The molecule has 3 aromatic rings. The Bertz CT molecular complexity index is 917. The van der Waals surface area contributed by atoms with Crippen molar-refractivity contribution < 1.29 is 9.53 Å². The minimum atomic E-state index is -0.201. The van der Waals surface area contributed by atoms with E-state index in [0.717, 1.165) is 37.9 Å². The normalized spacial score (nSPS) is 16.5. The Morgan fingerprint density at radius 3 is 3.11 bits per heavy atom. The first-order valence-corrected chi connectivity index (χ1v) is 9.30. The Labute approximate surface area is 157 Å². The predicted octanol–water partition coefficient (Wildman–Crippen LogP) is 2.52. The average Bonchev–Trinajstić information content (AvgIpc) is 3.37. The van der Waals surface area contributed by atoms with Crippen molar-refractivity contribution in [1.82, 2.24) is 20.3 Å². The van der Waals surface area contributed by atoms with Crippen molar-refractivity contribution in [2.45, 2.75) is 25.4 Å². The summed E-state index contributed by atoms with van der Waals surface area (Å²) in [5, 5.41) is 7.38. The zero-order chi connectivity index (χ0) is 18.5.